The van der Waals surface area contributed by atoms with Crippen molar-refractivity contribution < 1.29 is 9.53 Å². The second-order valence-corrected chi connectivity index (χ2v) is 4.03. The van der Waals surface area contributed by atoms with Gasteiger partial charge in [-0.05, 0) is 19.8 Å². The van der Waals surface area contributed by atoms with Gasteiger partial charge in [-0.2, -0.15) is 0 Å². The van der Waals surface area contributed by atoms with Crippen LogP contribution in [-0.4, -0.2) is 36.6 Å². The largest absolute Gasteiger partial charge is 0.369 e. The number of hydrogen-bond donors (Lipinski definition) is 0. The number of carbonyl (C=O) groups excluding carboxylic acids is 1. The number of rotatable bonds is 2. The van der Waals surface area contributed by atoms with Crippen LogP contribution in [0.4, 0.5) is 0 Å². The van der Waals surface area contributed by atoms with E-state index in [1.54, 1.807) is 21.0 Å². The lowest BCUT2D eigenvalue weighted by Gasteiger charge is -2.41. The maximum Gasteiger partial charge on any atom is 0.254 e. The summed E-state index contributed by atoms with van der Waals surface area (Å²) in [7, 11) is 1.57. The van der Waals surface area contributed by atoms with Crippen LogP contribution in [-0.2, 0) is 9.53 Å². The summed E-state index contributed by atoms with van der Waals surface area (Å²) in [6.07, 6.45) is 0. The summed E-state index contributed by atoms with van der Waals surface area (Å²) in [5.41, 5.74) is -0.653. The first-order chi connectivity index (χ1) is 5.47. The first kappa shape index (κ1) is 9.52. The first-order valence-electron chi connectivity index (χ1n) is 4.32. The smallest absolute Gasteiger partial charge is 0.254 e. The third-order valence-electron chi connectivity index (χ3n) is 2.38. The maximum absolute atomic E-state index is 11.6. The number of nitrogens with zero attached hydrogens (tertiary/aromatic N) is 1. The lowest BCUT2D eigenvalue weighted by atomic mass is 9.98. The van der Waals surface area contributed by atoms with Crippen LogP contribution in [0.2, 0.25) is 0 Å². The third kappa shape index (κ3) is 1.61. The molecule has 1 rings (SSSR count). The fourth-order valence-corrected chi connectivity index (χ4v) is 1.33. The number of hydrogen-bond acceptors (Lipinski definition) is 2. The van der Waals surface area contributed by atoms with Crippen LogP contribution in [0.5, 0.6) is 0 Å². The number of likely N-dealkylation sites (tertiary alicyclic amines) is 1. The highest BCUT2D eigenvalue weighted by atomic mass is 16.5. The molecule has 0 spiro atoms. The van der Waals surface area contributed by atoms with E-state index in [0.29, 0.717) is 5.92 Å². The van der Waals surface area contributed by atoms with Crippen LogP contribution < -0.4 is 0 Å². The van der Waals surface area contributed by atoms with Gasteiger partial charge in [-0.3, -0.25) is 4.79 Å². The van der Waals surface area contributed by atoms with Gasteiger partial charge < -0.3 is 9.64 Å². The van der Waals surface area contributed by atoms with Crippen molar-refractivity contribution in [2.24, 2.45) is 5.92 Å². The average molecular weight is 171 g/mol. The number of ether oxygens (including phenoxy) is 1. The predicted octanol–water partition coefficient (Wildman–Crippen LogP) is 0.890. The summed E-state index contributed by atoms with van der Waals surface area (Å²) in [6.45, 7) is 7.51. The van der Waals surface area contributed by atoms with Crippen LogP contribution in [0.3, 0.4) is 0 Å². The molecule has 70 valence electrons. The Labute approximate surface area is 73.7 Å². The fourth-order valence-electron chi connectivity index (χ4n) is 1.33. The molecular weight excluding hydrogens is 154 g/mol. The maximum atomic E-state index is 11.6. The van der Waals surface area contributed by atoms with Gasteiger partial charge in [-0.1, -0.05) is 6.92 Å². The minimum Gasteiger partial charge on any atom is -0.369 e. The van der Waals surface area contributed by atoms with Crippen molar-refractivity contribution >= 4 is 5.91 Å². The highest BCUT2D eigenvalue weighted by Gasteiger charge is 2.36. The molecule has 1 aliphatic heterocycles. The van der Waals surface area contributed by atoms with E-state index in [1.165, 1.54) is 0 Å². The van der Waals surface area contributed by atoms with E-state index in [9.17, 15) is 4.79 Å². The van der Waals surface area contributed by atoms with Gasteiger partial charge in [-0.15, -0.1) is 0 Å². The molecule has 12 heavy (non-hydrogen) atoms. The van der Waals surface area contributed by atoms with Crippen molar-refractivity contribution in [1.82, 2.24) is 4.90 Å². The van der Waals surface area contributed by atoms with Gasteiger partial charge >= 0.3 is 0 Å². The zero-order valence-corrected chi connectivity index (χ0v) is 8.26. The Hall–Kier alpha value is -0.570. The molecule has 0 unspecified atom stereocenters. The summed E-state index contributed by atoms with van der Waals surface area (Å²) < 4.78 is 5.10. The SMILES string of the molecule is COC(C)(C)C(=O)N1CC(C)C1. The molecule has 0 saturated carbocycles. The molecule has 1 heterocycles. The van der Waals surface area contributed by atoms with Crippen LogP contribution in [0.1, 0.15) is 20.8 Å². The van der Waals surface area contributed by atoms with Crippen molar-refractivity contribution in [3.05, 3.63) is 0 Å². The Morgan fingerprint density at radius 2 is 2.00 bits per heavy atom. The molecule has 1 amide bonds. The van der Waals surface area contributed by atoms with Gasteiger partial charge in [-0.25, -0.2) is 0 Å². The van der Waals surface area contributed by atoms with Crippen molar-refractivity contribution in [3.8, 4) is 0 Å². The van der Waals surface area contributed by atoms with Crippen LogP contribution in [0.25, 0.3) is 0 Å². The van der Waals surface area contributed by atoms with E-state index >= 15 is 0 Å². The molecule has 0 aromatic heterocycles. The van der Waals surface area contributed by atoms with E-state index < -0.39 is 5.60 Å². The quantitative estimate of drug-likeness (QED) is 0.617. The summed E-state index contributed by atoms with van der Waals surface area (Å²) in [6, 6.07) is 0. The van der Waals surface area contributed by atoms with Gasteiger partial charge in [0.25, 0.3) is 5.91 Å². The minimum atomic E-state index is -0.653. The molecule has 1 saturated heterocycles. The predicted molar refractivity (Wildman–Crippen MR) is 46.8 cm³/mol. The Balaban J connectivity index is 2.48. The van der Waals surface area contributed by atoms with Gasteiger partial charge in [0.2, 0.25) is 0 Å². The molecule has 1 fully saturated rings. The van der Waals surface area contributed by atoms with Crippen LogP contribution in [0, 0.1) is 5.92 Å². The summed E-state index contributed by atoms with van der Waals surface area (Å²) in [5.74, 6) is 0.754. The zero-order chi connectivity index (χ0) is 9.35. The Morgan fingerprint density at radius 1 is 1.50 bits per heavy atom. The highest BCUT2D eigenvalue weighted by Crippen LogP contribution is 2.20. The molecule has 0 atom stereocenters. The molecule has 3 heteroatoms. The van der Waals surface area contributed by atoms with Gasteiger partial charge in [0.05, 0.1) is 0 Å². The Bertz CT molecular complexity index is 183. The second kappa shape index (κ2) is 3.05. The average Bonchev–Trinajstić information content (AvgIpc) is 1.97. The molecule has 1 aliphatic rings. The summed E-state index contributed by atoms with van der Waals surface area (Å²) >= 11 is 0. The second-order valence-electron chi connectivity index (χ2n) is 4.03. The molecule has 0 aliphatic carbocycles. The van der Waals surface area contributed by atoms with Crippen LogP contribution in [0.15, 0.2) is 0 Å². The van der Waals surface area contributed by atoms with Crippen molar-refractivity contribution in [1.29, 1.82) is 0 Å². The number of methoxy groups -OCH3 is 1. The number of amides is 1. The normalized spacial score (nSPS) is 19.2. The zero-order valence-electron chi connectivity index (χ0n) is 8.26. The topological polar surface area (TPSA) is 29.5 Å². The van der Waals surface area contributed by atoms with E-state index in [-0.39, 0.29) is 5.91 Å². The Morgan fingerprint density at radius 3 is 2.33 bits per heavy atom. The molecule has 0 N–H and O–H groups in total. The minimum absolute atomic E-state index is 0.100. The lowest BCUT2D eigenvalue weighted by molar-refractivity contribution is -0.157. The molecule has 0 radical (unpaired) electrons. The van der Waals surface area contributed by atoms with E-state index in [1.807, 2.05) is 4.90 Å². The third-order valence-corrected chi connectivity index (χ3v) is 2.38. The van der Waals surface area contributed by atoms with Gasteiger partial charge in [0.1, 0.15) is 5.60 Å². The molecule has 0 aromatic rings. The first-order valence-corrected chi connectivity index (χ1v) is 4.32. The standard InChI is InChI=1S/C9H17NO2/c1-7-5-10(6-7)8(11)9(2,3)12-4/h7H,5-6H2,1-4H3. The van der Waals surface area contributed by atoms with E-state index in [0.717, 1.165) is 13.1 Å². The summed E-state index contributed by atoms with van der Waals surface area (Å²) in [4.78, 5) is 13.5. The van der Waals surface area contributed by atoms with Gasteiger partial charge in [0.15, 0.2) is 0 Å². The number of carbonyl (C=O) groups is 1. The molecular formula is C9H17NO2. The van der Waals surface area contributed by atoms with Crippen molar-refractivity contribution in [2.75, 3.05) is 20.2 Å². The Kier molecular flexibility index (Phi) is 2.42. The van der Waals surface area contributed by atoms with E-state index in [2.05, 4.69) is 6.92 Å². The molecule has 0 aromatic carbocycles. The lowest BCUT2D eigenvalue weighted by Crippen LogP contribution is -2.55. The van der Waals surface area contributed by atoms with Crippen molar-refractivity contribution in [2.45, 2.75) is 26.4 Å². The van der Waals surface area contributed by atoms with Crippen LogP contribution >= 0.6 is 0 Å². The highest BCUT2D eigenvalue weighted by molar-refractivity contribution is 5.85. The van der Waals surface area contributed by atoms with E-state index in [4.69, 9.17) is 4.74 Å². The fraction of sp³-hybridized carbons (Fsp3) is 0.889. The monoisotopic (exact) mass is 171 g/mol. The van der Waals surface area contributed by atoms with Crippen molar-refractivity contribution in [3.63, 3.8) is 0 Å². The van der Waals surface area contributed by atoms with Gasteiger partial charge in [0, 0.05) is 20.2 Å². The molecule has 3 nitrogen and oxygen atoms in total. The molecule has 0 bridgehead atoms. The summed E-state index contributed by atoms with van der Waals surface area (Å²) in [5, 5.41) is 0.